The fraction of sp³-hybridized carbons (Fsp3) is 0.412. The second-order valence-corrected chi connectivity index (χ2v) is 7.89. The van der Waals surface area contributed by atoms with Gasteiger partial charge in [0.05, 0.1) is 23.4 Å². The quantitative estimate of drug-likeness (QED) is 0.902. The first-order chi connectivity index (χ1) is 11.6. The average molecular weight is 344 g/mol. The SMILES string of the molecule is N#Cc1cccc(CS(=O)(=O)N[C@@H]2CCCC[C@@H]2n2cccn2)c1. The third-order valence-corrected chi connectivity index (χ3v) is 5.71. The van der Waals surface area contributed by atoms with Crippen molar-refractivity contribution in [1.82, 2.24) is 14.5 Å². The molecule has 0 bridgehead atoms. The topological polar surface area (TPSA) is 87.8 Å². The Labute approximate surface area is 142 Å². The number of sulfonamides is 1. The van der Waals surface area contributed by atoms with Crippen LogP contribution < -0.4 is 4.72 Å². The van der Waals surface area contributed by atoms with Gasteiger partial charge in [-0.1, -0.05) is 25.0 Å². The van der Waals surface area contributed by atoms with Crippen LogP contribution in [0.25, 0.3) is 0 Å². The van der Waals surface area contributed by atoms with E-state index < -0.39 is 10.0 Å². The zero-order valence-electron chi connectivity index (χ0n) is 13.3. The van der Waals surface area contributed by atoms with Crippen LogP contribution >= 0.6 is 0 Å². The van der Waals surface area contributed by atoms with Gasteiger partial charge < -0.3 is 0 Å². The number of nitrogens with zero attached hydrogens (tertiary/aromatic N) is 3. The second kappa shape index (κ2) is 7.16. The van der Waals surface area contributed by atoms with Gasteiger partial charge in [-0.2, -0.15) is 10.4 Å². The molecule has 2 aromatic rings. The highest BCUT2D eigenvalue weighted by Crippen LogP contribution is 2.28. The van der Waals surface area contributed by atoms with Crippen LogP contribution in [0.1, 0.15) is 42.9 Å². The van der Waals surface area contributed by atoms with E-state index in [2.05, 4.69) is 9.82 Å². The average Bonchev–Trinajstić information content (AvgIpc) is 3.09. The molecule has 1 heterocycles. The number of aromatic nitrogens is 2. The fourth-order valence-corrected chi connectivity index (χ4v) is 4.70. The zero-order valence-corrected chi connectivity index (χ0v) is 14.1. The van der Waals surface area contributed by atoms with Gasteiger partial charge in [-0.15, -0.1) is 0 Å². The van der Waals surface area contributed by atoms with Crippen LogP contribution in [-0.4, -0.2) is 24.2 Å². The van der Waals surface area contributed by atoms with E-state index in [0.717, 1.165) is 25.7 Å². The smallest absolute Gasteiger partial charge is 0.216 e. The van der Waals surface area contributed by atoms with Crippen LogP contribution in [0, 0.1) is 11.3 Å². The van der Waals surface area contributed by atoms with E-state index >= 15 is 0 Å². The first-order valence-corrected chi connectivity index (χ1v) is 9.71. The molecule has 1 aromatic carbocycles. The number of rotatable bonds is 5. The zero-order chi connectivity index (χ0) is 17.0. The summed E-state index contributed by atoms with van der Waals surface area (Å²) < 4.78 is 29.8. The Morgan fingerprint density at radius 3 is 2.88 bits per heavy atom. The summed E-state index contributed by atoms with van der Waals surface area (Å²) in [6.07, 6.45) is 7.41. The van der Waals surface area contributed by atoms with Crippen molar-refractivity contribution in [2.75, 3.05) is 0 Å². The Bertz CT molecular complexity index is 825. The molecule has 1 fully saturated rings. The van der Waals surface area contributed by atoms with E-state index in [1.807, 2.05) is 23.0 Å². The normalized spacial score (nSPS) is 21.3. The lowest BCUT2D eigenvalue weighted by Gasteiger charge is -2.32. The lowest BCUT2D eigenvalue weighted by atomic mass is 9.91. The molecule has 0 unspecified atom stereocenters. The maximum atomic E-state index is 12.6. The molecule has 1 N–H and O–H groups in total. The molecule has 6 nitrogen and oxygen atoms in total. The Balaban J connectivity index is 1.74. The van der Waals surface area contributed by atoms with Gasteiger partial charge in [0.15, 0.2) is 0 Å². The van der Waals surface area contributed by atoms with E-state index in [9.17, 15) is 8.42 Å². The molecule has 126 valence electrons. The van der Waals surface area contributed by atoms with Gasteiger partial charge in [-0.05, 0) is 36.6 Å². The first kappa shape index (κ1) is 16.7. The number of nitriles is 1. The molecule has 1 aliphatic carbocycles. The van der Waals surface area contributed by atoms with Crippen LogP contribution in [0.15, 0.2) is 42.7 Å². The fourth-order valence-electron chi connectivity index (χ4n) is 3.26. The summed E-state index contributed by atoms with van der Waals surface area (Å²) in [7, 11) is -3.48. The van der Waals surface area contributed by atoms with E-state index in [4.69, 9.17) is 5.26 Å². The molecule has 3 rings (SSSR count). The molecular formula is C17H20N4O2S. The van der Waals surface area contributed by atoms with Crippen molar-refractivity contribution in [3.63, 3.8) is 0 Å². The Hall–Kier alpha value is -2.17. The lowest BCUT2D eigenvalue weighted by molar-refractivity contribution is 0.270. The molecule has 7 heteroatoms. The number of hydrogen-bond donors (Lipinski definition) is 1. The van der Waals surface area contributed by atoms with E-state index in [0.29, 0.717) is 11.1 Å². The number of benzene rings is 1. The van der Waals surface area contributed by atoms with Gasteiger partial charge in [0.2, 0.25) is 10.0 Å². The van der Waals surface area contributed by atoms with Gasteiger partial charge in [-0.3, -0.25) is 4.68 Å². The predicted molar refractivity (Wildman–Crippen MR) is 90.4 cm³/mol. The third-order valence-electron chi connectivity index (χ3n) is 4.34. The monoisotopic (exact) mass is 344 g/mol. The summed E-state index contributed by atoms with van der Waals surface area (Å²) in [5, 5.41) is 13.2. The maximum absolute atomic E-state index is 12.6. The molecule has 0 saturated heterocycles. The molecule has 0 aliphatic heterocycles. The Kier molecular flexibility index (Phi) is 4.97. The van der Waals surface area contributed by atoms with E-state index in [1.54, 1.807) is 30.5 Å². The molecule has 1 aliphatic rings. The van der Waals surface area contributed by atoms with Crippen molar-refractivity contribution in [1.29, 1.82) is 5.26 Å². The summed E-state index contributed by atoms with van der Waals surface area (Å²) in [6.45, 7) is 0. The van der Waals surface area contributed by atoms with Gasteiger partial charge in [0, 0.05) is 18.4 Å². The van der Waals surface area contributed by atoms with Crippen molar-refractivity contribution < 1.29 is 8.42 Å². The molecule has 0 amide bonds. The van der Waals surface area contributed by atoms with E-state index in [1.165, 1.54) is 0 Å². The van der Waals surface area contributed by atoms with Gasteiger partial charge >= 0.3 is 0 Å². The van der Waals surface area contributed by atoms with Crippen LogP contribution in [0.3, 0.4) is 0 Å². The highest BCUT2D eigenvalue weighted by Gasteiger charge is 2.30. The third kappa shape index (κ3) is 4.02. The number of hydrogen-bond acceptors (Lipinski definition) is 4. The van der Waals surface area contributed by atoms with Crippen LogP contribution in [0.2, 0.25) is 0 Å². The highest BCUT2D eigenvalue weighted by molar-refractivity contribution is 7.88. The van der Waals surface area contributed by atoms with Crippen molar-refractivity contribution in [2.24, 2.45) is 0 Å². The maximum Gasteiger partial charge on any atom is 0.216 e. The molecule has 2 atom stereocenters. The molecule has 1 saturated carbocycles. The lowest BCUT2D eigenvalue weighted by Crippen LogP contribution is -2.43. The van der Waals surface area contributed by atoms with Crippen LogP contribution in [-0.2, 0) is 15.8 Å². The van der Waals surface area contributed by atoms with Crippen molar-refractivity contribution in [3.05, 3.63) is 53.9 Å². The standard InChI is InChI=1S/C17H20N4O2S/c18-12-14-5-3-6-15(11-14)13-24(22,23)20-16-7-1-2-8-17(16)21-10-4-9-19-21/h3-6,9-11,16-17,20H,1-2,7-8,13H2/t16-,17+/m1/s1. The van der Waals surface area contributed by atoms with Crippen LogP contribution in [0.4, 0.5) is 0 Å². The first-order valence-electron chi connectivity index (χ1n) is 8.05. The highest BCUT2D eigenvalue weighted by atomic mass is 32.2. The van der Waals surface area contributed by atoms with Crippen molar-refractivity contribution in [3.8, 4) is 6.07 Å². The predicted octanol–water partition coefficient (Wildman–Crippen LogP) is 2.36. The minimum absolute atomic E-state index is 0.0500. The molecular weight excluding hydrogens is 324 g/mol. The summed E-state index contributed by atoms with van der Waals surface area (Å²) in [4.78, 5) is 0. The molecule has 0 spiro atoms. The summed E-state index contributed by atoms with van der Waals surface area (Å²) >= 11 is 0. The largest absolute Gasteiger partial charge is 0.268 e. The Morgan fingerprint density at radius 1 is 1.29 bits per heavy atom. The second-order valence-electron chi connectivity index (χ2n) is 6.13. The van der Waals surface area contributed by atoms with Gasteiger partial charge in [0.1, 0.15) is 0 Å². The molecule has 1 aromatic heterocycles. The summed E-state index contributed by atoms with van der Waals surface area (Å²) in [5.41, 5.74) is 1.09. The van der Waals surface area contributed by atoms with Crippen molar-refractivity contribution >= 4 is 10.0 Å². The van der Waals surface area contributed by atoms with Gasteiger partial charge in [-0.25, -0.2) is 13.1 Å². The number of nitrogens with one attached hydrogen (secondary N) is 1. The Morgan fingerprint density at radius 2 is 2.12 bits per heavy atom. The van der Waals surface area contributed by atoms with E-state index in [-0.39, 0.29) is 17.8 Å². The summed E-state index contributed by atoms with van der Waals surface area (Å²) in [5.74, 6) is -0.120. The summed E-state index contributed by atoms with van der Waals surface area (Å²) in [6, 6.07) is 10.5. The molecule has 24 heavy (non-hydrogen) atoms. The van der Waals surface area contributed by atoms with Crippen molar-refractivity contribution in [2.45, 2.75) is 43.5 Å². The minimum atomic E-state index is -3.48. The van der Waals surface area contributed by atoms with Crippen LogP contribution in [0.5, 0.6) is 0 Å². The molecule has 0 radical (unpaired) electrons. The minimum Gasteiger partial charge on any atom is -0.268 e. The van der Waals surface area contributed by atoms with Gasteiger partial charge in [0.25, 0.3) is 0 Å².